The minimum Gasteiger partial charge on any atom is -0.311 e. The van der Waals surface area contributed by atoms with E-state index in [1.807, 2.05) is 0 Å². The van der Waals surface area contributed by atoms with Gasteiger partial charge in [-0.1, -0.05) is 0 Å². The van der Waals surface area contributed by atoms with Gasteiger partial charge >= 0.3 is 0 Å². The summed E-state index contributed by atoms with van der Waals surface area (Å²) in [7, 11) is -3.64. The highest BCUT2D eigenvalue weighted by molar-refractivity contribution is 7.89. The fraction of sp³-hybridized carbons (Fsp3) is 0.571. The number of sulfonamides is 1. The summed E-state index contributed by atoms with van der Waals surface area (Å²) in [5, 5.41) is 14.1. The molecule has 2 aliphatic rings. The lowest BCUT2D eigenvalue weighted by Gasteiger charge is -2.48. The van der Waals surface area contributed by atoms with E-state index >= 15 is 0 Å². The van der Waals surface area contributed by atoms with Crippen molar-refractivity contribution in [2.75, 3.05) is 6.54 Å². The van der Waals surface area contributed by atoms with Crippen LogP contribution in [0.2, 0.25) is 0 Å². The molecule has 7 nitrogen and oxygen atoms in total. The van der Waals surface area contributed by atoms with Gasteiger partial charge in [0.05, 0.1) is 9.82 Å². The smallest absolute Gasteiger partial charge is 0.269 e. The van der Waals surface area contributed by atoms with E-state index in [2.05, 4.69) is 10.0 Å². The number of benzene rings is 1. The Morgan fingerprint density at radius 2 is 1.95 bits per heavy atom. The lowest BCUT2D eigenvalue weighted by Crippen LogP contribution is -2.59. The van der Waals surface area contributed by atoms with Crippen molar-refractivity contribution >= 4 is 15.7 Å². The first-order valence-corrected chi connectivity index (χ1v) is 8.90. The van der Waals surface area contributed by atoms with Crippen molar-refractivity contribution in [1.29, 1.82) is 0 Å². The quantitative estimate of drug-likeness (QED) is 0.646. The molecule has 2 fully saturated rings. The van der Waals surface area contributed by atoms with Gasteiger partial charge in [0.2, 0.25) is 10.0 Å². The third-order valence-electron chi connectivity index (χ3n) is 4.62. The zero-order valence-corrected chi connectivity index (χ0v) is 12.9. The predicted octanol–water partition coefficient (Wildman–Crippen LogP) is 1.55. The van der Waals surface area contributed by atoms with Gasteiger partial charge in [-0.2, -0.15) is 0 Å². The number of nitro benzene ring substituents is 1. The zero-order chi connectivity index (χ0) is 15.8. The molecule has 1 aliphatic carbocycles. The number of rotatable bonds is 4. The van der Waals surface area contributed by atoms with Crippen LogP contribution in [-0.2, 0) is 10.0 Å². The van der Waals surface area contributed by atoms with Crippen LogP contribution < -0.4 is 10.0 Å². The largest absolute Gasteiger partial charge is 0.311 e. The zero-order valence-electron chi connectivity index (χ0n) is 12.1. The molecule has 1 atom stereocenters. The molecule has 1 saturated heterocycles. The number of nitrogens with one attached hydrogen (secondary N) is 2. The third-order valence-corrected chi connectivity index (χ3v) is 6.16. The highest BCUT2D eigenvalue weighted by Crippen LogP contribution is 2.38. The molecule has 1 aromatic carbocycles. The summed E-state index contributed by atoms with van der Waals surface area (Å²) in [6.07, 6.45) is 4.95. The molecule has 1 aliphatic heterocycles. The van der Waals surface area contributed by atoms with Gasteiger partial charge in [0.25, 0.3) is 5.69 Å². The van der Waals surface area contributed by atoms with Crippen LogP contribution in [-0.4, -0.2) is 31.5 Å². The minimum absolute atomic E-state index is 0.0688. The Bertz CT molecular complexity index is 668. The van der Waals surface area contributed by atoms with Crippen molar-refractivity contribution in [2.24, 2.45) is 0 Å². The summed E-state index contributed by atoms with van der Waals surface area (Å²) in [5.41, 5.74) is -0.00443. The molecule has 22 heavy (non-hydrogen) atoms. The van der Waals surface area contributed by atoms with Gasteiger partial charge in [-0.15, -0.1) is 0 Å². The van der Waals surface area contributed by atoms with Crippen LogP contribution in [0.4, 0.5) is 5.69 Å². The van der Waals surface area contributed by atoms with Crippen molar-refractivity contribution in [3.05, 3.63) is 34.4 Å². The number of hydrogen-bond donors (Lipinski definition) is 2. The van der Waals surface area contributed by atoms with Gasteiger partial charge < -0.3 is 5.32 Å². The summed E-state index contributed by atoms with van der Waals surface area (Å²) >= 11 is 0. The molecule has 1 unspecified atom stereocenters. The molecule has 1 spiro atoms. The number of hydrogen-bond acceptors (Lipinski definition) is 5. The average Bonchev–Trinajstić information content (AvgIpc) is 2.45. The maximum absolute atomic E-state index is 12.4. The van der Waals surface area contributed by atoms with Crippen molar-refractivity contribution in [3.8, 4) is 0 Å². The van der Waals surface area contributed by atoms with E-state index in [9.17, 15) is 18.5 Å². The van der Waals surface area contributed by atoms with E-state index in [4.69, 9.17) is 0 Å². The van der Waals surface area contributed by atoms with Crippen molar-refractivity contribution in [3.63, 3.8) is 0 Å². The molecule has 1 aromatic rings. The number of nitro groups is 1. The maximum atomic E-state index is 12.4. The summed E-state index contributed by atoms with van der Waals surface area (Å²) < 4.78 is 27.5. The Morgan fingerprint density at radius 1 is 1.27 bits per heavy atom. The Morgan fingerprint density at radius 3 is 2.50 bits per heavy atom. The van der Waals surface area contributed by atoms with E-state index in [0.717, 1.165) is 32.2 Å². The first-order chi connectivity index (χ1) is 10.4. The molecule has 2 N–H and O–H groups in total. The van der Waals surface area contributed by atoms with E-state index in [1.54, 1.807) is 0 Å². The molecular formula is C14H19N3O4S. The third kappa shape index (κ3) is 2.99. The fourth-order valence-electron chi connectivity index (χ4n) is 3.28. The van der Waals surface area contributed by atoms with Crippen LogP contribution in [0.1, 0.15) is 32.1 Å². The standard InChI is InChI=1S/C14H19N3O4S/c18-17(19)12-2-4-13(5-3-12)22(20,21)16-11-6-9-15-14(10-11)7-1-8-14/h2-5,11,15-16H,1,6-10H2. The lowest BCUT2D eigenvalue weighted by molar-refractivity contribution is -0.384. The van der Waals surface area contributed by atoms with Gasteiger partial charge in [-0.25, -0.2) is 13.1 Å². The first-order valence-electron chi connectivity index (χ1n) is 7.42. The maximum Gasteiger partial charge on any atom is 0.269 e. The summed E-state index contributed by atoms with van der Waals surface area (Å²) in [6, 6.07) is 4.90. The molecule has 120 valence electrons. The number of non-ortho nitro benzene ring substituents is 1. The molecular weight excluding hydrogens is 306 g/mol. The van der Waals surface area contributed by atoms with Gasteiger partial charge in [0, 0.05) is 23.7 Å². The SMILES string of the molecule is O=[N+]([O-])c1ccc(S(=O)(=O)NC2CCNC3(CCC3)C2)cc1. The van der Waals surface area contributed by atoms with E-state index in [-0.39, 0.29) is 22.2 Å². The molecule has 0 bridgehead atoms. The van der Waals surface area contributed by atoms with Crippen LogP contribution in [0.5, 0.6) is 0 Å². The lowest BCUT2D eigenvalue weighted by atomic mass is 9.70. The van der Waals surface area contributed by atoms with E-state index in [0.29, 0.717) is 0 Å². The van der Waals surface area contributed by atoms with E-state index in [1.165, 1.54) is 30.7 Å². The minimum atomic E-state index is -3.64. The van der Waals surface area contributed by atoms with E-state index < -0.39 is 14.9 Å². The number of piperidine rings is 1. The monoisotopic (exact) mass is 325 g/mol. The highest BCUT2D eigenvalue weighted by Gasteiger charge is 2.41. The molecule has 3 rings (SSSR count). The molecule has 1 saturated carbocycles. The first kappa shape index (κ1) is 15.4. The fourth-order valence-corrected chi connectivity index (χ4v) is 4.55. The van der Waals surface area contributed by atoms with Crippen LogP contribution in [0.25, 0.3) is 0 Å². The Kier molecular flexibility index (Phi) is 3.92. The Balaban J connectivity index is 1.71. The summed E-state index contributed by atoms with van der Waals surface area (Å²) in [6.45, 7) is 0.813. The second-order valence-electron chi connectivity index (χ2n) is 6.12. The predicted molar refractivity (Wildman–Crippen MR) is 81.0 cm³/mol. The van der Waals surface area contributed by atoms with Gasteiger partial charge in [-0.05, 0) is 50.8 Å². The highest BCUT2D eigenvalue weighted by atomic mass is 32.2. The molecule has 8 heteroatoms. The average molecular weight is 325 g/mol. The van der Waals surface area contributed by atoms with Crippen LogP contribution in [0.15, 0.2) is 29.2 Å². The van der Waals surface area contributed by atoms with Crippen molar-refractivity contribution < 1.29 is 13.3 Å². The topological polar surface area (TPSA) is 101 Å². The molecule has 0 aromatic heterocycles. The van der Waals surface area contributed by atoms with Gasteiger partial charge in [0.1, 0.15) is 0 Å². The van der Waals surface area contributed by atoms with Gasteiger partial charge in [-0.3, -0.25) is 10.1 Å². The second-order valence-corrected chi connectivity index (χ2v) is 7.84. The Labute approximate surface area is 129 Å². The van der Waals surface area contributed by atoms with Crippen LogP contribution in [0.3, 0.4) is 0 Å². The normalized spacial score (nSPS) is 23.9. The molecule has 0 radical (unpaired) electrons. The molecule has 1 heterocycles. The van der Waals surface area contributed by atoms with Crippen molar-refractivity contribution in [1.82, 2.24) is 10.0 Å². The summed E-state index contributed by atoms with van der Waals surface area (Å²) in [4.78, 5) is 10.1. The molecule has 0 amide bonds. The van der Waals surface area contributed by atoms with Crippen LogP contribution in [0, 0.1) is 10.1 Å². The Hall–Kier alpha value is -1.51. The van der Waals surface area contributed by atoms with Gasteiger partial charge in [0.15, 0.2) is 0 Å². The van der Waals surface area contributed by atoms with Crippen molar-refractivity contribution in [2.45, 2.75) is 48.6 Å². The summed E-state index contributed by atoms with van der Waals surface area (Å²) in [5.74, 6) is 0. The van der Waals surface area contributed by atoms with Crippen LogP contribution >= 0.6 is 0 Å². The number of nitrogens with zero attached hydrogens (tertiary/aromatic N) is 1. The second kappa shape index (κ2) is 5.60.